The fourth-order valence-corrected chi connectivity index (χ4v) is 4.03. The molecule has 0 aliphatic rings. The van der Waals surface area contributed by atoms with Crippen molar-refractivity contribution in [2.75, 3.05) is 21.3 Å². The predicted molar refractivity (Wildman–Crippen MR) is 89.9 cm³/mol. The molecule has 1 heterocycles. The molecule has 0 radical (unpaired) electrons. The van der Waals surface area contributed by atoms with Gasteiger partial charge in [0, 0.05) is 21.5 Å². The molecule has 0 saturated heterocycles. The van der Waals surface area contributed by atoms with Crippen LogP contribution >= 0.6 is 43.2 Å². The number of ether oxygens (including phenoxy) is 3. The van der Waals surface area contributed by atoms with Crippen LogP contribution in [0.5, 0.6) is 17.2 Å². The largest absolute Gasteiger partial charge is 0.496 e. The monoisotopic (exact) mass is 436 g/mol. The summed E-state index contributed by atoms with van der Waals surface area (Å²) in [6, 6.07) is 5.31. The number of hydrogen-bond donors (Lipinski definition) is 1. The van der Waals surface area contributed by atoms with Crippen LogP contribution in [0, 0.1) is 0 Å². The third-order valence-electron chi connectivity index (χ3n) is 2.96. The molecule has 7 heteroatoms. The maximum absolute atomic E-state index is 10.7. The summed E-state index contributed by atoms with van der Waals surface area (Å²) in [5, 5.41) is 10.7. The van der Waals surface area contributed by atoms with Gasteiger partial charge in [0.2, 0.25) is 0 Å². The standard InChI is InChI=1S/C14H14Br2O4S/c1-18-7-4-9(19-2)12(10(5-7)20-3)13(17)11-6-8(15)14(16)21-11/h4-6,13,17H,1-3H3. The Morgan fingerprint density at radius 3 is 1.95 bits per heavy atom. The van der Waals surface area contributed by atoms with Crippen LogP contribution in [-0.4, -0.2) is 26.4 Å². The molecule has 0 aliphatic carbocycles. The molecule has 0 spiro atoms. The molecule has 1 unspecified atom stereocenters. The summed E-state index contributed by atoms with van der Waals surface area (Å²) in [5.41, 5.74) is 0.571. The summed E-state index contributed by atoms with van der Waals surface area (Å²) in [7, 11) is 4.66. The summed E-state index contributed by atoms with van der Waals surface area (Å²) < 4.78 is 17.8. The topological polar surface area (TPSA) is 47.9 Å². The highest BCUT2D eigenvalue weighted by atomic mass is 79.9. The molecule has 2 aromatic rings. The number of aliphatic hydroxyl groups excluding tert-OH is 1. The second-order valence-electron chi connectivity index (χ2n) is 4.12. The van der Waals surface area contributed by atoms with Gasteiger partial charge in [0.25, 0.3) is 0 Å². The lowest BCUT2D eigenvalue weighted by atomic mass is 10.0. The minimum absolute atomic E-state index is 0.513. The number of halogens is 2. The summed E-state index contributed by atoms with van der Waals surface area (Å²) in [6.45, 7) is 0. The number of thiophene rings is 1. The van der Waals surface area contributed by atoms with E-state index in [0.717, 1.165) is 13.1 Å². The van der Waals surface area contributed by atoms with Crippen LogP contribution in [0.4, 0.5) is 0 Å². The van der Waals surface area contributed by atoms with Gasteiger partial charge in [-0.25, -0.2) is 0 Å². The molecule has 1 aromatic carbocycles. The maximum atomic E-state index is 10.7. The smallest absolute Gasteiger partial charge is 0.132 e. The van der Waals surface area contributed by atoms with Crippen molar-refractivity contribution in [1.29, 1.82) is 0 Å². The van der Waals surface area contributed by atoms with E-state index in [9.17, 15) is 5.11 Å². The van der Waals surface area contributed by atoms with E-state index in [4.69, 9.17) is 14.2 Å². The van der Waals surface area contributed by atoms with Gasteiger partial charge in [-0.2, -0.15) is 0 Å². The SMILES string of the molecule is COc1cc(OC)c(C(O)c2cc(Br)c(Br)s2)c(OC)c1. The lowest BCUT2D eigenvalue weighted by Gasteiger charge is -2.18. The van der Waals surface area contributed by atoms with E-state index in [0.29, 0.717) is 22.8 Å². The maximum Gasteiger partial charge on any atom is 0.132 e. The van der Waals surface area contributed by atoms with Crippen molar-refractivity contribution < 1.29 is 19.3 Å². The van der Waals surface area contributed by atoms with E-state index in [1.54, 1.807) is 33.5 Å². The summed E-state index contributed by atoms with van der Waals surface area (Å²) >= 11 is 8.29. The Hall–Kier alpha value is -0.760. The van der Waals surface area contributed by atoms with E-state index < -0.39 is 6.10 Å². The molecule has 21 heavy (non-hydrogen) atoms. The third-order valence-corrected chi connectivity index (χ3v) is 6.27. The molecule has 1 aromatic heterocycles. The second-order valence-corrected chi connectivity index (χ2v) is 7.37. The lowest BCUT2D eigenvalue weighted by Crippen LogP contribution is -2.04. The number of methoxy groups -OCH3 is 3. The molecule has 0 amide bonds. The summed E-state index contributed by atoms with van der Waals surface area (Å²) in [4.78, 5) is 0.774. The van der Waals surface area contributed by atoms with Crippen LogP contribution < -0.4 is 14.2 Å². The van der Waals surface area contributed by atoms with Gasteiger partial charge in [0.15, 0.2) is 0 Å². The van der Waals surface area contributed by atoms with Crippen LogP contribution in [0.1, 0.15) is 16.5 Å². The summed E-state index contributed by atoms with van der Waals surface area (Å²) in [6.07, 6.45) is -0.853. The zero-order valence-electron chi connectivity index (χ0n) is 11.6. The van der Waals surface area contributed by atoms with Gasteiger partial charge >= 0.3 is 0 Å². The highest BCUT2D eigenvalue weighted by Crippen LogP contribution is 2.44. The van der Waals surface area contributed by atoms with Crippen LogP contribution in [0.2, 0.25) is 0 Å². The predicted octanol–water partition coefficient (Wildman–Crippen LogP) is 4.38. The highest BCUT2D eigenvalue weighted by Gasteiger charge is 2.24. The Bertz CT molecular complexity index is 597. The second kappa shape index (κ2) is 7.00. The number of hydrogen-bond acceptors (Lipinski definition) is 5. The first-order valence-electron chi connectivity index (χ1n) is 5.94. The van der Waals surface area contributed by atoms with Gasteiger partial charge in [0.1, 0.15) is 23.4 Å². The third kappa shape index (κ3) is 3.36. The molecule has 0 bridgehead atoms. The van der Waals surface area contributed by atoms with Crippen molar-refractivity contribution in [1.82, 2.24) is 0 Å². The Kier molecular flexibility index (Phi) is 5.54. The minimum Gasteiger partial charge on any atom is -0.496 e. The van der Waals surface area contributed by atoms with Crippen molar-refractivity contribution in [2.24, 2.45) is 0 Å². The first-order valence-corrected chi connectivity index (χ1v) is 8.34. The molecule has 1 N–H and O–H groups in total. The van der Waals surface area contributed by atoms with E-state index in [-0.39, 0.29) is 0 Å². The number of benzene rings is 1. The van der Waals surface area contributed by atoms with Gasteiger partial charge < -0.3 is 19.3 Å². The van der Waals surface area contributed by atoms with Crippen molar-refractivity contribution in [3.05, 3.63) is 36.9 Å². The van der Waals surface area contributed by atoms with Gasteiger partial charge in [-0.1, -0.05) is 0 Å². The zero-order chi connectivity index (χ0) is 15.6. The lowest BCUT2D eigenvalue weighted by molar-refractivity contribution is 0.212. The fourth-order valence-electron chi connectivity index (χ4n) is 1.94. The van der Waals surface area contributed by atoms with Crippen LogP contribution in [-0.2, 0) is 0 Å². The highest BCUT2D eigenvalue weighted by molar-refractivity contribution is 9.13. The van der Waals surface area contributed by atoms with E-state index in [2.05, 4.69) is 31.9 Å². The van der Waals surface area contributed by atoms with Gasteiger partial charge in [-0.3, -0.25) is 0 Å². The van der Waals surface area contributed by atoms with Gasteiger partial charge in [-0.15, -0.1) is 11.3 Å². The van der Waals surface area contributed by atoms with E-state index >= 15 is 0 Å². The zero-order valence-corrected chi connectivity index (χ0v) is 15.6. The van der Waals surface area contributed by atoms with Crippen LogP contribution in [0.15, 0.2) is 26.5 Å². The van der Waals surface area contributed by atoms with Crippen molar-refractivity contribution in [3.63, 3.8) is 0 Å². The first-order chi connectivity index (χ1) is 10.0. The molecule has 114 valence electrons. The van der Waals surface area contributed by atoms with Crippen LogP contribution in [0.3, 0.4) is 0 Å². The molecular formula is C14H14Br2O4S. The molecule has 0 aliphatic heterocycles. The number of rotatable bonds is 5. The van der Waals surface area contributed by atoms with Gasteiger partial charge in [-0.05, 0) is 37.9 Å². The molecule has 0 saturated carbocycles. The van der Waals surface area contributed by atoms with E-state index in [1.807, 2.05) is 6.07 Å². The Balaban J connectivity index is 2.55. The average molecular weight is 438 g/mol. The molecule has 4 nitrogen and oxygen atoms in total. The molecule has 1 atom stereocenters. The quantitative estimate of drug-likeness (QED) is 0.753. The van der Waals surface area contributed by atoms with Crippen molar-refractivity contribution in [2.45, 2.75) is 6.10 Å². The van der Waals surface area contributed by atoms with Gasteiger partial charge in [0.05, 0.1) is 30.7 Å². The van der Waals surface area contributed by atoms with E-state index in [1.165, 1.54) is 11.3 Å². The van der Waals surface area contributed by atoms with Crippen molar-refractivity contribution >= 4 is 43.2 Å². The molecule has 2 rings (SSSR count). The fraction of sp³-hybridized carbons (Fsp3) is 0.286. The van der Waals surface area contributed by atoms with Crippen molar-refractivity contribution in [3.8, 4) is 17.2 Å². The molecule has 0 fully saturated rings. The Labute approximate surface area is 143 Å². The molecular weight excluding hydrogens is 424 g/mol. The number of aliphatic hydroxyl groups is 1. The Morgan fingerprint density at radius 1 is 1.00 bits per heavy atom. The Morgan fingerprint density at radius 2 is 1.57 bits per heavy atom. The average Bonchev–Trinajstić information content (AvgIpc) is 2.84. The van der Waals surface area contributed by atoms with Crippen LogP contribution in [0.25, 0.3) is 0 Å². The summed E-state index contributed by atoms with van der Waals surface area (Å²) in [5.74, 6) is 1.63. The first kappa shape index (κ1) is 16.6. The minimum atomic E-state index is -0.853. The normalized spacial score (nSPS) is 12.1.